The summed E-state index contributed by atoms with van der Waals surface area (Å²) in [7, 11) is 0. The predicted octanol–water partition coefficient (Wildman–Crippen LogP) is 4.79. The van der Waals surface area contributed by atoms with E-state index in [2.05, 4.69) is 10.4 Å². The van der Waals surface area contributed by atoms with Crippen LogP contribution < -0.4 is 5.32 Å². The molecule has 0 bridgehead atoms. The van der Waals surface area contributed by atoms with Crippen LogP contribution in [0.4, 0.5) is 27.6 Å². The van der Waals surface area contributed by atoms with Crippen molar-refractivity contribution in [3.05, 3.63) is 71.8 Å². The average molecular weight is 381 g/mol. The van der Waals surface area contributed by atoms with E-state index < -0.39 is 29.4 Å². The molecule has 2 aromatic carbocycles. The van der Waals surface area contributed by atoms with Crippen molar-refractivity contribution in [3.8, 4) is 11.1 Å². The summed E-state index contributed by atoms with van der Waals surface area (Å²) in [6.07, 6.45) is 1.84. The van der Waals surface area contributed by atoms with Crippen molar-refractivity contribution in [3.63, 3.8) is 0 Å². The van der Waals surface area contributed by atoms with Gasteiger partial charge in [0.25, 0.3) is 5.91 Å². The summed E-state index contributed by atoms with van der Waals surface area (Å²) in [5.74, 6) is -5.11. The van der Waals surface area contributed by atoms with Crippen LogP contribution in [0.1, 0.15) is 17.3 Å². The number of hydrogen-bond donors (Lipinski definition) is 1. The Hall–Kier alpha value is -3.23. The van der Waals surface area contributed by atoms with E-state index in [0.29, 0.717) is 11.6 Å². The molecule has 0 saturated carbocycles. The zero-order chi connectivity index (χ0) is 19.8. The lowest BCUT2D eigenvalue weighted by atomic mass is 10.0. The lowest BCUT2D eigenvalue weighted by Gasteiger charge is -2.12. The zero-order valence-electron chi connectivity index (χ0n) is 13.8. The Labute approximate surface area is 150 Å². The first-order valence-electron chi connectivity index (χ1n) is 7.65. The van der Waals surface area contributed by atoms with Gasteiger partial charge in [-0.25, -0.2) is 17.9 Å². The second kappa shape index (κ2) is 6.82. The molecule has 1 heterocycles. The first-order valence-corrected chi connectivity index (χ1v) is 7.65. The molecule has 140 valence electrons. The second-order valence-corrected chi connectivity index (χ2v) is 5.77. The van der Waals surface area contributed by atoms with Crippen molar-refractivity contribution in [1.29, 1.82) is 0 Å². The van der Waals surface area contributed by atoms with Gasteiger partial charge < -0.3 is 5.32 Å². The van der Waals surface area contributed by atoms with Crippen LogP contribution in [0.5, 0.6) is 0 Å². The Kier molecular flexibility index (Phi) is 4.69. The molecule has 1 N–H and O–H groups in total. The number of carbonyl (C=O) groups excluding carboxylic acids is 1. The third-order valence-corrected chi connectivity index (χ3v) is 3.72. The number of nitrogens with one attached hydrogen (secondary N) is 1. The van der Waals surface area contributed by atoms with E-state index in [1.807, 2.05) is 0 Å². The molecule has 3 rings (SSSR count). The number of amides is 1. The van der Waals surface area contributed by atoms with E-state index in [1.54, 1.807) is 12.1 Å². The van der Waals surface area contributed by atoms with Gasteiger partial charge in [-0.2, -0.15) is 13.9 Å². The van der Waals surface area contributed by atoms with Crippen LogP contribution >= 0.6 is 0 Å². The van der Waals surface area contributed by atoms with E-state index in [-0.39, 0.29) is 22.4 Å². The van der Waals surface area contributed by atoms with Gasteiger partial charge in [-0.1, -0.05) is 18.2 Å². The summed E-state index contributed by atoms with van der Waals surface area (Å²) in [5, 5.41) is 5.90. The van der Waals surface area contributed by atoms with Crippen molar-refractivity contribution in [1.82, 2.24) is 9.78 Å². The van der Waals surface area contributed by atoms with Crippen LogP contribution in [-0.2, 0) is 6.05 Å². The van der Waals surface area contributed by atoms with E-state index in [0.717, 1.165) is 24.5 Å². The van der Waals surface area contributed by atoms with E-state index in [1.165, 1.54) is 12.1 Å². The lowest BCUT2D eigenvalue weighted by molar-refractivity contribution is -0.0723. The Morgan fingerprint density at radius 3 is 2.33 bits per heavy atom. The largest absolute Gasteiger partial charge is 0.340 e. The molecule has 0 aliphatic carbocycles. The second-order valence-electron chi connectivity index (χ2n) is 5.77. The Morgan fingerprint density at radius 2 is 1.74 bits per heavy atom. The first-order chi connectivity index (χ1) is 12.7. The van der Waals surface area contributed by atoms with Crippen LogP contribution in [0.15, 0.2) is 48.8 Å². The fraction of sp³-hybridized carbons (Fsp3) is 0.111. The molecule has 0 saturated heterocycles. The van der Waals surface area contributed by atoms with E-state index >= 15 is 0 Å². The highest BCUT2D eigenvalue weighted by molar-refractivity contribution is 6.06. The SMILES string of the molecule is CC(F)(F)n1cc(C(=O)Nc2ccccc2-c2cc(F)c(F)c(F)c2)cn1. The molecule has 27 heavy (non-hydrogen) atoms. The molecule has 0 fully saturated rings. The molecule has 0 aliphatic heterocycles. The standard InChI is InChI=1S/C18H12F5N3O/c1-18(22,23)26-9-11(8-24-26)17(27)25-15-5-3-2-4-12(15)10-6-13(19)16(21)14(20)7-10/h2-9H,1H3,(H,25,27). The minimum atomic E-state index is -3.28. The average Bonchev–Trinajstić information content (AvgIpc) is 3.10. The summed E-state index contributed by atoms with van der Waals surface area (Å²) >= 11 is 0. The van der Waals surface area contributed by atoms with Gasteiger partial charge in [0.15, 0.2) is 17.5 Å². The van der Waals surface area contributed by atoms with E-state index in [9.17, 15) is 26.7 Å². The van der Waals surface area contributed by atoms with Crippen LogP contribution in [-0.4, -0.2) is 15.7 Å². The quantitative estimate of drug-likeness (QED) is 0.522. The third-order valence-electron chi connectivity index (χ3n) is 3.72. The van der Waals surface area contributed by atoms with Crippen LogP contribution in [0, 0.1) is 17.5 Å². The summed E-state index contributed by atoms with van der Waals surface area (Å²) in [6.45, 7) is 0.620. The highest BCUT2D eigenvalue weighted by atomic mass is 19.3. The van der Waals surface area contributed by atoms with Crippen molar-refractivity contribution < 1.29 is 26.7 Å². The fourth-order valence-corrected chi connectivity index (χ4v) is 2.40. The molecule has 1 aromatic heterocycles. The van der Waals surface area contributed by atoms with Gasteiger partial charge in [-0.3, -0.25) is 4.79 Å². The van der Waals surface area contributed by atoms with Gasteiger partial charge in [0.05, 0.1) is 11.8 Å². The van der Waals surface area contributed by atoms with Crippen molar-refractivity contribution in [2.45, 2.75) is 13.0 Å². The Bertz CT molecular complexity index is 987. The summed E-state index contributed by atoms with van der Waals surface area (Å²) in [6, 6.07) is 4.33. The first kappa shape index (κ1) is 18.6. The number of para-hydroxylation sites is 1. The maximum absolute atomic E-state index is 13.5. The highest BCUT2D eigenvalue weighted by Gasteiger charge is 2.26. The predicted molar refractivity (Wildman–Crippen MR) is 87.8 cm³/mol. The zero-order valence-corrected chi connectivity index (χ0v) is 13.8. The minimum absolute atomic E-state index is 0.00177. The van der Waals surface area contributed by atoms with Gasteiger partial charge in [0, 0.05) is 24.4 Å². The number of aromatic nitrogens is 2. The van der Waals surface area contributed by atoms with Gasteiger partial charge in [0.1, 0.15) is 0 Å². The third kappa shape index (κ3) is 3.81. The van der Waals surface area contributed by atoms with Gasteiger partial charge >= 0.3 is 6.05 Å². The van der Waals surface area contributed by atoms with Crippen molar-refractivity contribution >= 4 is 11.6 Å². The van der Waals surface area contributed by atoms with Crippen molar-refractivity contribution in [2.24, 2.45) is 0 Å². The molecule has 0 unspecified atom stereocenters. The summed E-state index contributed by atoms with van der Waals surface area (Å²) < 4.78 is 67.0. The number of rotatable bonds is 4. The van der Waals surface area contributed by atoms with Gasteiger partial charge in [-0.15, -0.1) is 0 Å². The monoisotopic (exact) mass is 381 g/mol. The maximum Gasteiger partial charge on any atom is 0.340 e. The number of hydrogen-bond acceptors (Lipinski definition) is 2. The maximum atomic E-state index is 13.5. The number of halogens is 5. The van der Waals surface area contributed by atoms with Gasteiger partial charge in [0.2, 0.25) is 0 Å². The minimum Gasteiger partial charge on any atom is -0.321 e. The fourth-order valence-electron chi connectivity index (χ4n) is 2.40. The topological polar surface area (TPSA) is 46.9 Å². The summed E-state index contributed by atoms with van der Waals surface area (Å²) in [4.78, 5) is 12.3. The molecular weight excluding hydrogens is 369 g/mol. The number of nitrogens with zero attached hydrogens (tertiary/aromatic N) is 2. The van der Waals surface area contributed by atoms with Crippen LogP contribution in [0.25, 0.3) is 11.1 Å². The molecule has 0 spiro atoms. The van der Waals surface area contributed by atoms with Gasteiger partial charge in [-0.05, 0) is 23.8 Å². The molecule has 0 radical (unpaired) electrons. The number of alkyl halides is 2. The summed E-state index contributed by atoms with van der Waals surface area (Å²) in [5.41, 5.74) is 0.238. The molecule has 0 atom stereocenters. The smallest absolute Gasteiger partial charge is 0.321 e. The van der Waals surface area contributed by atoms with Crippen molar-refractivity contribution in [2.75, 3.05) is 5.32 Å². The number of carbonyl (C=O) groups is 1. The molecule has 9 heteroatoms. The molecule has 1 amide bonds. The molecule has 3 aromatic rings. The Morgan fingerprint density at radius 1 is 1.11 bits per heavy atom. The van der Waals surface area contributed by atoms with Crippen LogP contribution in [0.3, 0.4) is 0 Å². The lowest BCUT2D eigenvalue weighted by Crippen LogP contribution is -2.19. The van der Waals surface area contributed by atoms with E-state index in [4.69, 9.17) is 0 Å². The molecule has 4 nitrogen and oxygen atoms in total. The highest BCUT2D eigenvalue weighted by Crippen LogP contribution is 2.30. The molecule has 0 aliphatic rings. The molecular formula is C18H12F5N3O. The van der Waals surface area contributed by atoms with Crippen LogP contribution in [0.2, 0.25) is 0 Å². The Balaban J connectivity index is 1.93. The number of anilines is 1. The number of benzene rings is 2. The normalized spacial score (nSPS) is 11.5.